The molecule has 0 fully saturated rings. The van der Waals surface area contributed by atoms with Gasteiger partial charge in [0.05, 0.1) is 5.52 Å². The molecular weight excluding hydrogens is 309 g/mol. The number of rotatable bonds is 2. The Labute approximate surface area is 117 Å². The van der Waals surface area contributed by atoms with Crippen molar-refractivity contribution in [1.29, 1.82) is 0 Å². The molecule has 1 N–H and O–H groups in total. The van der Waals surface area contributed by atoms with Crippen LogP contribution in [0.25, 0.3) is 10.9 Å². The Bertz CT molecular complexity index is 746. The molecule has 19 heavy (non-hydrogen) atoms. The highest BCUT2D eigenvalue weighted by atomic mass is 79.9. The van der Waals surface area contributed by atoms with Crippen molar-refractivity contribution >= 4 is 38.3 Å². The summed E-state index contributed by atoms with van der Waals surface area (Å²) >= 11 is 3.45. The highest BCUT2D eigenvalue weighted by molar-refractivity contribution is 9.10. The topological polar surface area (TPSA) is 37.8 Å². The molecule has 0 bridgehead atoms. The molecule has 3 nitrogen and oxygen atoms in total. The Hall–Kier alpha value is -2.01. The number of hydrogen-bond donors (Lipinski definition) is 1. The summed E-state index contributed by atoms with van der Waals surface area (Å²) in [5.41, 5.74) is 1.47. The van der Waals surface area contributed by atoms with Crippen LogP contribution in [0.3, 0.4) is 0 Å². The summed E-state index contributed by atoms with van der Waals surface area (Å²) in [7, 11) is 0. The number of aromatic nitrogens is 2. The van der Waals surface area contributed by atoms with E-state index in [0.29, 0.717) is 11.5 Å². The van der Waals surface area contributed by atoms with E-state index in [2.05, 4.69) is 31.2 Å². The maximum atomic E-state index is 13.2. The molecule has 0 aliphatic heterocycles. The van der Waals surface area contributed by atoms with Crippen LogP contribution in [0.5, 0.6) is 0 Å². The molecule has 94 valence electrons. The van der Waals surface area contributed by atoms with E-state index in [1.807, 2.05) is 18.2 Å². The third-order valence-electron chi connectivity index (χ3n) is 2.70. The number of halogens is 2. The van der Waals surface area contributed by atoms with Crippen molar-refractivity contribution in [2.45, 2.75) is 0 Å². The Kier molecular flexibility index (Phi) is 3.13. The number of para-hydroxylation sites is 1. The first kappa shape index (κ1) is 12.0. The predicted octanol–water partition coefficient (Wildman–Crippen LogP) is 4.28. The molecule has 3 aromatic rings. The molecule has 0 amide bonds. The van der Waals surface area contributed by atoms with Gasteiger partial charge in [0.2, 0.25) is 0 Å². The maximum Gasteiger partial charge on any atom is 0.141 e. The Morgan fingerprint density at radius 2 is 1.89 bits per heavy atom. The molecule has 1 aromatic heterocycles. The third kappa shape index (κ3) is 2.42. The van der Waals surface area contributed by atoms with Crippen molar-refractivity contribution in [2.75, 3.05) is 5.32 Å². The Balaban J connectivity index is 2.08. The van der Waals surface area contributed by atoms with Gasteiger partial charge in [-0.25, -0.2) is 14.4 Å². The van der Waals surface area contributed by atoms with E-state index < -0.39 is 0 Å². The average molecular weight is 318 g/mol. The first-order valence-electron chi connectivity index (χ1n) is 5.66. The summed E-state index contributed by atoms with van der Waals surface area (Å²) in [5, 5.41) is 3.98. The molecule has 0 radical (unpaired) electrons. The molecule has 1 heterocycles. The normalized spacial score (nSPS) is 10.6. The van der Waals surface area contributed by atoms with Gasteiger partial charge < -0.3 is 5.32 Å². The minimum atomic E-state index is -0.287. The highest BCUT2D eigenvalue weighted by Gasteiger charge is 2.06. The van der Waals surface area contributed by atoms with Gasteiger partial charge in [-0.1, -0.05) is 12.1 Å². The summed E-state index contributed by atoms with van der Waals surface area (Å²) in [6, 6.07) is 12.0. The quantitative estimate of drug-likeness (QED) is 0.766. The van der Waals surface area contributed by atoms with E-state index in [4.69, 9.17) is 0 Å². The zero-order valence-corrected chi connectivity index (χ0v) is 11.4. The lowest BCUT2D eigenvalue weighted by Gasteiger charge is -2.08. The van der Waals surface area contributed by atoms with E-state index in [0.717, 1.165) is 15.4 Å². The standard InChI is InChI=1S/C14H9BrFN3/c15-12-6-2-5-11-13(12)17-8-18-14(11)19-10-4-1-3-9(16)7-10/h1-8H,(H,17,18,19). The molecule has 0 aliphatic carbocycles. The number of fused-ring (bicyclic) bond motifs is 1. The van der Waals surface area contributed by atoms with Crippen LogP contribution < -0.4 is 5.32 Å². The number of benzene rings is 2. The smallest absolute Gasteiger partial charge is 0.141 e. The van der Waals surface area contributed by atoms with Crippen molar-refractivity contribution < 1.29 is 4.39 Å². The van der Waals surface area contributed by atoms with Crippen molar-refractivity contribution in [3.05, 3.63) is 59.1 Å². The van der Waals surface area contributed by atoms with Gasteiger partial charge in [-0.2, -0.15) is 0 Å². The lowest BCUT2D eigenvalue weighted by atomic mass is 10.2. The molecule has 0 unspecified atom stereocenters. The van der Waals surface area contributed by atoms with E-state index in [9.17, 15) is 4.39 Å². The van der Waals surface area contributed by atoms with Crippen LogP contribution in [0.1, 0.15) is 0 Å². The molecule has 0 aliphatic rings. The van der Waals surface area contributed by atoms with Crippen LogP contribution in [0.4, 0.5) is 15.9 Å². The zero-order valence-electron chi connectivity index (χ0n) is 9.77. The molecule has 0 saturated carbocycles. The minimum absolute atomic E-state index is 0.287. The van der Waals surface area contributed by atoms with Crippen molar-refractivity contribution in [1.82, 2.24) is 9.97 Å². The van der Waals surface area contributed by atoms with Crippen LogP contribution in [-0.4, -0.2) is 9.97 Å². The van der Waals surface area contributed by atoms with E-state index >= 15 is 0 Å². The molecule has 2 aromatic carbocycles. The second kappa shape index (κ2) is 4.93. The summed E-state index contributed by atoms with van der Waals surface area (Å²) < 4.78 is 14.1. The molecule has 0 spiro atoms. The first-order chi connectivity index (χ1) is 9.24. The first-order valence-corrected chi connectivity index (χ1v) is 6.45. The fourth-order valence-corrected chi connectivity index (χ4v) is 2.32. The van der Waals surface area contributed by atoms with E-state index in [-0.39, 0.29) is 5.82 Å². The van der Waals surface area contributed by atoms with Gasteiger partial charge >= 0.3 is 0 Å². The molecule has 0 atom stereocenters. The second-order valence-electron chi connectivity index (χ2n) is 3.99. The molecule has 5 heteroatoms. The lowest BCUT2D eigenvalue weighted by molar-refractivity contribution is 0.628. The summed E-state index contributed by atoms with van der Waals surface area (Å²) in [6.07, 6.45) is 1.48. The van der Waals surface area contributed by atoms with Gasteiger partial charge in [0.25, 0.3) is 0 Å². The molecular formula is C14H9BrFN3. The fraction of sp³-hybridized carbons (Fsp3) is 0. The van der Waals surface area contributed by atoms with Gasteiger partial charge in [-0.05, 0) is 46.3 Å². The van der Waals surface area contributed by atoms with Gasteiger partial charge in [-0.3, -0.25) is 0 Å². The lowest BCUT2D eigenvalue weighted by Crippen LogP contribution is -1.96. The van der Waals surface area contributed by atoms with Crippen molar-refractivity contribution in [2.24, 2.45) is 0 Å². The second-order valence-corrected chi connectivity index (χ2v) is 4.85. The van der Waals surface area contributed by atoms with Crippen LogP contribution in [0.15, 0.2) is 53.3 Å². The third-order valence-corrected chi connectivity index (χ3v) is 3.34. The number of nitrogens with one attached hydrogen (secondary N) is 1. The minimum Gasteiger partial charge on any atom is -0.340 e. The predicted molar refractivity (Wildman–Crippen MR) is 76.9 cm³/mol. The Morgan fingerprint density at radius 1 is 1.05 bits per heavy atom. The molecule has 3 rings (SSSR count). The SMILES string of the molecule is Fc1cccc(Nc2ncnc3c(Br)cccc23)c1. The molecule has 0 saturated heterocycles. The van der Waals surface area contributed by atoms with Crippen LogP contribution >= 0.6 is 15.9 Å². The van der Waals surface area contributed by atoms with Gasteiger partial charge in [0.1, 0.15) is 18.0 Å². The van der Waals surface area contributed by atoms with Gasteiger partial charge in [-0.15, -0.1) is 0 Å². The van der Waals surface area contributed by atoms with E-state index in [1.165, 1.54) is 18.5 Å². The number of anilines is 2. The van der Waals surface area contributed by atoms with Crippen molar-refractivity contribution in [3.8, 4) is 0 Å². The largest absolute Gasteiger partial charge is 0.340 e. The Morgan fingerprint density at radius 3 is 2.74 bits per heavy atom. The number of nitrogens with zero attached hydrogens (tertiary/aromatic N) is 2. The van der Waals surface area contributed by atoms with Crippen LogP contribution in [0.2, 0.25) is 0 Å². The van der Waals surface area contributed by atoms with E-state index in [1.54, 1.807) is 12.1 Å². The highest BCUT2D eigenvalue weighted by Crippen LogP contribution is 2.27. The monoisotopic (exact) mass is 317 g/mol. The van der Waals surface area contributed by atoms with Crippen molar-refractivity contribution in [3.63, 3.8) is 0 Å². The maximum absolute atomic E-state index is 13.2. The van der Waals surface area contributed by atoms with Crippen LogP contribution in [0, 0.1) is 5.82 Å². The van der Waals surface area contributed by atoms with Gasteiger partial charge in [0, 0.05) is 15.5 Å². The summed E-state index contributed by atoms with van der Waals surface area (Å²) in [4.78, 5) is 8.44. The van der Waals surface area contributed by atoms with Crippen LogP contribution in [-0.2, 0) is 0 Å². The zero-order chi connectivity index (χ0) is 13.2. The number of hydrogen-bond acceptors (Lipinski definition) is 3. The average Bonchev–Trinajstić information content (AvgIpc) is 2.40. The summed E-state index contributed by atoms with van der Waals surface area (Å²) in [5.74, 6) is 0.362. The van der Waals surface area contributed by atoms with Gasteiger partial charge in [0.15, 0.2) is 0 Å². The summed E-state index contributed by atoms with van der Waals surface area (Å²) in [6.45, 7) is 0. The fourth-order valence-electron chi connectivity index (χ4n) is 1.85.